The van der Waals surface area contributed by atoms with Crippen LogP contribution in [-0.2, 0) is 11.3 Å². The van der Waals surface area contributed by atoms with Crippen LogP contribution < -0.4 is 10.6 Å². The highest BCUT2D eigenvalue weighted by atomic mass is 19.1. The second-order valence-corrected chi connectivity index (χ2v) is 7.39. The molecule has 0 saturated heterocycles. The summed E-state index contributed by atoms with van der Waals surface area (Å²) in [5, 5.41) is 5.60. The number of amides is 1. The average molecular weight is 387 g/mol. The third kappa shape index (κ3) is 5.52. The Morgan fingerprint density at radius 2 is 1.82 bits per heavy atom. The standard InChI is InChI=1S/C22H27F2N3O/c1-27(18-8-3-2-4-9-18)15-16-7-5-6-10-20(16)25-14-22(28)26-21-12-11-17(23)13-19(21)24/h5-7,10-13,18,25H,2-4,8-9,14-15H2,1H3,(H,26,28). The summed E-state index contributed by atoms with van der Waals surface area (Å²) in [6.45, 7) is 0.809. The van der Waals surface area contributed by atoms with Gasteiger partial charge in [0, 0.05) is 24.3 Å². The molecule has 2 N–H and O–H groups in total. The number of nitrogens with one attached hydrogen (secondary N) is 2. The zero-order chi connectivity index (χ0) is 19.9. The van der Waals surface area contributed by atoms with E-state index in [2.05, 4.69) is 28.6 Å². The Labute approximate surface area is 164 Å². The molecule has 2 aromatic rings. The van der Waals surface area contributed by atoms with Crippen molar-refractivity contribution in [3.8, 4) is 0 Å². The third-order valence-corrected chi connectivity index (χ3v) is 5.28. The van der Waals surface area contributed by atoms with Crippen molar-refractivity contribution in [3.05, 3.63) is 59.7 Å². The van der Waals surface area contributed by atoms with Crippen molar-refractivity contribution in [2.24, 2.45) is 0 Å². The van der Waals surface area contributed by atoms with Crippen LogP contribution in [0.1, 0.15) is 37.7 Å². The van der Waals surface area contributed by atoms with Gasteiger partial charge in [-0.05, 0) is 43.7 Å². The lowest BCUT2D eigenvalue weighted by molar-refractivity contribution is -0.114. The summed E-state index contributed by atoms with van der Waals surface area (Å²) in [4.78, 5) is 14.5. The third-order valence-electron chi connectivity index (χ3n) is 5.28. The average Bonchev–Trinajstić information content (AvgIpc) is 2.70. The molecule has 0 atom stereocenters. The van der Waals surface area contributed by atoms with Crippen LogP contribution in [0.15, 0.2) is 42.5 Å². The number of para-hydroxylation sites is 1. The van der Waals surface area contributed by atoms with E-state index >= 15 is 0 Å². The number of benzene rings is 2. The molecule has 0 aromatic heterocycles. The Kier molecular flexibility index (Phi) is 6.98. The molecule has 4 nitrogen and oxygen atoms in total. The van der Waals surface area contributed by atoms with Crippen molar-refractivity contribution in [1.82, 2.24) is 4.90 Å². The van der Waals surface area contributed by atoms with Crippen LogP contribution in [0.4, 0.5) is 20.2 Å². The Hall–Kier alpha value is -2.47. The van der Waals surface area contributed by atoms with E-state index in [-0.39, 0.29) is 18.1 Å². The Morgan fingerprint density at radius 1 is 1.07 bits per heavy atom. The van der Waals surface area contributed by atoms with Crippen molar-refractivity contribution >= 4 is 17.3 Å². The van der Waals surface area contributed by atoms with Gasteiger partial charge >= 0.3 is 0 Å². The number of anilines is 2. The first-order valence-electron chi connectivity index (χ1n) is 9.80. The monoisotopic (exact) mass is 387 g/mol. The second kappa shape index (κ2) is 9.64. The number of nitrogens with zero attached hydrogens (tertiary/aromatic N) is 1. The molecule has 1 saturated carbocycles. The van der Waals surface area contributed by atoms with Crippen LogP contribution in [0, 0.1) is 11.6 Å². The highest BCUT2D eigenvalue weighted by molar-refractivity contribution is 5.93. The van der Waals surface area contributed by atoms with Crippen LogP contribution >= 0.6 is 0 Å². The molecule has 1 fully saturated rings. The van der Waals surface area contributed by atoms with E-state index in [9.17, 15) is 13.6 Å². The first-order valence-corrected chi connectivity index (χ1v) is 9.80. The molecular weight excluding hydrogens is 360 g/mol. The van der Waals surface area contributed by atoms with E-state index in [1.165, 1.54) is 38.2 Å². The number of carbonyl (C=O) groups is 1. The number of carbonyl (C=O) groups excluding carboxylic acids is 1. The number of halogens is 2. The van der Waals surface area contributed by atoms with Crippen molar-refractivity contribution < 1.29 is 13.6 Å². The maximum absolute atomic E-state index is 13.7. The summed E-state index contributed by atoms with van der Waals surface area (Å²) in [6.07, 6.45) is 6.37. The van der Waals surface area contributed by atoms with Gasteiger partial charge in [-0.15, -0.1) is 0 Å². The first-order chi connectivity index (χ1) is 13.5. The van der Waals surface area contributed by atoms with E-state index in [1.54, 1.807) is 0 Å². The fourth-order valence-corrected chi connectivity index (χ4v) is 3.71. The highest BCUT2D eigenvalue weighted by Crippen LogP contribution is 2.25. The van der Waals surface area contributed by atoms with E-state index in [4.69, 9.17) is 0 Å². The number of hydrogen-bond donors (Lipinski definition) is 2. The lowest BCUT2D eigenvalue weighted by Crippen LogP contribution is -2.33. The Bertz CT molecular complexity index is 806. The zero-order valence-electron chi connectivity index (χ0n) is 16.2. The smallest absolute Gasteiger partial charge is 0.243 e. The molecule has 1 aliphatic rings. The van der Waals surface area contributed by atoms with E-state index in [0.717, 1.165) is 29.9 Å². The summed E-state index contributed by atoms with van der Waals surface area (Å²) in [5.41, 5.74) is 1.98. The molecule has 6 heteroatoms. The normalized spacial score (nSPS) is 14.9. The predicted molar refractivity (Wildman–Crippen MR) is 108 cm³/mol. The molecule has 28 heavy (non-hydrogen) atoms. The zero-order valence-corrected chi connectivity index (χ0v) is 16.2. The van der Waals surface area contributed by atoms with Gasteiger partial charge in [0.1, 0.15) is 11.6 Å². The highest BCUT2D eigenvalue weighted by Gasteiger charge is 2.19. The van der Waals surface area contributed by atoms with Crippen molar-refractivity contribution in [3.63, 3.8) is 0 Å². The fraction of sp³-hybridized carbons (Fsp3) is 0.409. The van der Waals surface area contributed by atoms with Gasteiger partial charge in [-0.2, -0.15) is 0 Å². The largest absolute Gasteiger partial charge is 0.376 e. The van der Waals surface area contributed by atoms with Gasteiger partial charge in [-0.1, -0.05) is 37.5 Å². The Balaban J connectivity index is 1.57. The van der Waals surface area contributed by atoms with Gasteiger partial charge in [-0.3, -0.25) is 9.69 Å². The predicted octanol–water partition coefficient (Wildman–Crippen LogP) is 4.78. The minimum atomic E-state index is -0.789. The van der Waals surface area contributed by atoms with Gasteiger partial charge in [0.2, 0.25) is 5.91 Å². The number of hydrogen-bond acceptors (Lipinski definition) is 3. The summed E-state index contributed by atoms with van der Waals surface area (Å²) in [7, 11) is 2.15. The van der Waals surface area contributed by atoms with E-state index in [1.807, 2.05) is 18.2 Å². The van der Waals surface area contributed by atoms with Crippen LogP contribution in [0.2, 0.25) is 0 Å². The van der Waals surface area contributed by atoms with Gasteiger partial charge < -0.3 is 10.6 Å². The molecule has 0 heterocycles. The molecule has 0 unspecified atom stereocenters. The maximum atomic E-state index is 13.7. The van der Waals surface area contributed by atoms with Crippen molar-refractivity contribution in [1.29, 1.82) is 0 Å². The van der Waals surface area contributed by atoms with Crippen LogP contribution in [-0.4, -0.2) is 30.4 Å². The lowest BCUT2D eigenvalue weighted by Gasteiger charge is -2.31. The lowest BCUT2D eigenvalue weighted by atomic mass is 9.94. The molecule has 3 rings (SSSR count). The summed E-state index contributed by atoms with van der Waals surface area (Å²) < 4.78 is 26.6. The minimum absolute atomic E-state index is 0.000965. The van der Waals surface area contributed by atoms with Crippen molar-refractivity contribution in [2.75, 3.05) is 24.2 Å². The quantitative estimate of drug-likeness (QED) is 0.719. The molecule has 0 spiro atoms. The van der Waals surface area contributed by atoms with Crippen LogP contribution in [0.25, 0.3) is 0 Å². The summed E-state index contributed by atoms with van der Waals surface area (Å²) in [5.74, 6) is -1.85. The van der Waals surface area contributed by atoms with Gasteiger partial charge in [0.25, 0.3) is 0 Å². The Morgan fingerprint density at radius 3 is 2.57 bits per heavy atom. The summed E-state index contributed by atoms with van der Waals surface area (Å²) >= 11 is 0. The van der Waals surface area contributed by atoms with Crippen molar-refractivity contribution in [2.45, 2.75) is 44.7 Å². The van der Waals surface area contributed by atoms with Crippen LogP contribution in [0.5, 0.6) is 0 Å². The van der Waals surface area contributed by atoms with Gasteiger partial charge in [0.15, 0.2) is 0 Å². The molecule has 1 amide bonds. The fourth-order valence-electron chi connectivity index (χ4n) is 3.71. The minimum Gasteiger partial charge on any atom is -0.376 e. The molecule has 0 bridgehead atoms. The van der Waals surface area contributed by atoms with E-state index < -0.39 is 11.6 Å². The molecule has 0 radical (unpaired) electrons. The van der Waals surface area contributed by atoms with Crippen LogP contribution in [0.3, 0.4) is 0 Å². The maximum Gasteiger partial charge on any atom is 0.243 e. The molecule has 0 aliphatic heterocycles. The molecule has 1 aliphatic carbocycles. The van der Waals surface area contributed by atoms with E-state index in [0.29, 0.717) is 6.04 Å². The van der Waals surface area contributed by atoms with Gasteiger partial charge in [-0.25, -0.2) is 8.78 Å². The summed E-state index contributed by atoms with van der Waals surface area (Å²) in [6, 6.07) is 11.6. The van der Waals surface area contributed by atoms with Gasteiger partial charge in [0.05, 0.1) is 12.2 Å². The molecule has 150 valence electrons. The molecular formula is C22H27F2N3O. The SMILES string of the molecule is CN(Cc1ccccc1NCC(=O)Nc1ccc(F)cc1F)C1CCCCC1. The number of rotatable bonds is 7. The first kappa shape index (κ1) is 20.3. The molecule has 2 aromatic carbocycles. The second-order valence-electron chi connectivity index (χ2n) is 7.39. The topological polar surface area (TPSA) is 44.4 Å².